The van der Waals surface area contributed by atoms with E-state index in [0.29, 0.717) is 0 Å². The zero-order valence-electron chi connectivity index (χ0n) is 5.70. The molecular formula is C8H10NS+. The molecule has 0 radical (unpaired) electrons. The van der Waals surface area contributed by atoms with Crippen LogP contribution in [0.2, 0.25) is 0 Å². The Morgan fingerprint density at radius 1 is 1.30 bits per heavy atom. The third-order valence-corrected chi connectivity index (χ3v) is 2.10. The highest BCUT2D eigenvalue weighted by Crippen LogP contribution is 2.28. The minimum atomic E-state index is 0.786. The van der Waals surface area contributed by atoms with E-state index in [0.717, 1.165) is 10.9 Å². The van der Waals surface area contributed by atoms with Crippen molar-refractivity contribution in [3.63, 3.8) is 0 Å². The molecule has 52 valence electrons. The third kappa shape index (κ3) is 1.16. The molecule has 2 rings (SSSR count). The number of pyridine rings is 1. The molecule has 0 amide bonds. The molecule has 1 saturated carbocycles. The maximum Gasteiger partial charge on any atom is 0.170 e. The van der Waals surface area contributed by atoms with Crippen molar-refractivity contribution >= 4 is 12.6 Å². The molecule has 0 bridgehead atoms. The van der Waals surface area contributed by atoms with E-state index < -0.39 is 0 Å². The molecule has 1 aromatic rings. The van der Waals surface area contributed by atoms with Gasteiger partial charge in [-0.2, -0.15) is 0 Å². The fraction of sp³-hybridized carbons (Fsp3) is 0.375. The lowest BCUT2D eigenvalue weighted by molar-refractivity contribution is -0.700. The number of hydrogen-bond acceptors (Lipinski definition) is 1. The van der Waals surface area contributed by atoms with Crippen molar-refractivity contribution in [2.24, 2.45) is 0 Å². The van der Waals surface area contributed by atoms with Crippen LogP contribution in [-0.2, 0) is 0 Å². The monoisotopic (exact) mass is 152 g/mol. The topological polar surface area (TPSA) is 3.88 Å². The van der Waals surface area contributed by atoms with E-state index in [1.165, 1.54) is 12.8 Å². The lowest BCUT2D eigenvalue weighted by Gasteiger charge is -1.90. The van der Waals surface area contributed by atoms with Gasteiger partial charge in [0.25, 0.3) is 0 Å². The van der Waals surface area contributed by atoms with Crippen LogP contribution in [0, 0.1) is 0 Å². The lowest BCUT2D eigenvalue weighted by atomic mass is 10.4. The van der Waals surface area contributed by atoms with Gasteiger partial charge in [0.15, 0.2) is 18.4 Å². The number of rotatable bonds is 1. The Morgan fingerprint density at radius 2 is 1.90 bits per heavy atom. The Balaban J connectivity index is 2.28. The quantitative estimate of drug-likeness (QED) is 0.460. The molecule has 0 atom stereocenters. The van der Waals surface area contributed by atoms with E-state index in [4.69, 9.17) is 0 Å². The first-order valence-electron chi connectivity index (χ1n) is 3.56. The Bertz CT molecular complexity index is 226. The molecule has 1 fully saturated rings. The Labute approximate surface area is 66.1 Å². The zero-order valence-corrected chi connectivity index (χ0v) is 6.59. The highest BCUT2D eigenvalue weighted by atomic mass is 32.1. The van der Waals surface area contributed by atoms with E-state index in [1.54, 1.807) is 0 Å². The van der Waals surface area contributed by atoms with Crippen molar-refractivity contribution in [2.75, 3.05) is 0 Å². The van der Waals surface area contributed by atoms with E-state index in [-0.39, 0.29) is 0 Å². The molecule has 1 aliphatic carbocycles. The van der Waals surface area contributed by atoms with Gasteiger partial charge in [0.05, 0.1) is 0 Å². The van der Waals surface area contributed by atoms with Crippen molar-refractivity contribution in [3.8, 4) is 0 Å². The first kappa shape index (κ1) is 6.23. The number of nitrogens with zero attached hydrogens (tertiary/aromatic N) is 1. The molecule has 1 heterocycles. The fourth-order valence-electron chi connectivity index (χ4n) is 1.05. The molecular weight excluding hydrogens is 142 g/mol. The highest BCUT2D eigenvalue weighted by Gasteiger charge is 2.30. The highest BCUT2D eigenvalue weighted by molar-refractivity contribution is 7.80. The molecule has 0 spiro atoms. The first-order valence-corrected chi connectivity index (χ1v) is 4.01. The second-order valence-corrected chi connectivity index (χ2v) is 3.25. The van der Waals surface area contributed by atoms with Crippen molar-refractivity contribution in [1.82, 2.24) is 0 Å². The summed E-state index contributed by atoms with van der Waals surface area (Å²) in [7, 11) is 0. The SMILES string of the molecule is Sc1cc[n+](C2CC2)cc1. The van der Waals surface area contributed by atoms with Gasteiger partial charge < -0.3 is 0 Å². The Kier molecular flexibility index (Phi) is 1.42. The van der Waals surface area contributed by atoms with E-state index >= 15 is 0 Å². The second kappa shape index (κ2) is 2.27. The maximum absolute atomic E-state index is 4.21. The van der Waals surface area contributed by atoms with E-state index in [2.05, 4.69) is 29.6 Å². The third-order valence-electron chi connectivity index (χ3n) is 1.80. The average molecular weight is 152 g/mol. The van der Waals surface area contributed by atoms with Crippen LogP contribution in [0.1, 0.15) is 18.9 Å². The van der Waals surface area contributed by atoms with Crippen LogP contribution >= 0.6 is 12.6 Å². The Hall–Kier alpha value is -0.500. The largest absolute Gasteiger partial charge is 0.202 e. The van der Waals surface area contributed by atoms with Gasteiger partial charge in [-0.05, 0) is 0 Å². The predicted molar refractivity (Wildman–Crippen MR) is 42.2 cm³/mol. The molecule has 1 aliphatic rings. The molecule has 2 heteroatoms. The summed E-state index contributed by atoms with van der Waals surface area (Å²) in [5.74, 6) is 0. The molecule has 1 aromatic heterocycles. The normalized spacial score (nSPS) is 17.3. The summed E-state index contributed by atoms with van der Waals surface area (Å²) >= 11 is 4.21. The summed E-state index contributed by atoms with van der Waals surface area (Å²) in [6.45, 7) is 0. The molecule has 0 aromatic carbocycles. The fourth-order valence-corrected chi connectivity index (χ4v) is 1.18. The minimum Gasteiger partial charge on any atom is -0.202 e. The van der Waals surface area contributed by atoms with Crippen LogP contribution in [0.5, 0.6) is 0 Å². The van der Waals surface area contributed by atoms with Crippen LogP contribution in [0.15, 0.2) is 29.4 Å². The molecule has 0 saturated heterocycles. The van der Waals surface area contributed by atoms with Gasteiger partial charge in [-0.3, -0.25) is 0 Å². The van der Waals surface area contributed by atoms with Gasteiger partial charge in [0.2, 0.25) is 0 Å². The summed E-state index contributed by atoms with van der Waals surface area (Å²) < 4.78 is 2.25. The molecule has 10 heavy (non-hydrogen) atoms. The molecule has 1 nitrogen and oxygen atoms in total. The predicted octanol–water partition coefficient (Wildman–Crippen LogP) is 1.60. The van der Waals surface area contributed by atoms with Gasteiger partial charge in [-0.15, -0.1) is 12.6 Å². The Morgan fingerprint density at radius 3 is 2.40 bits per heavy atom. The summed E-state index contributed by atoms with van der Waals surface area (Å²) in [5.41, 5.74) is 0. The standard InChI is InChI=1S/C8H9NS/c10-8-3-5-9(6-4-8)7-1-2-7/h3-7H,1-2H2/p+1. The number of aromatic nitrogens is 1. The first-order chi connectivity index (χ1) is 4.86. The van der Waals surface area contributed by atoms with Crippen molar-refractivity contribution < 1.29 is 4.57 Å². The summed E-state index contributed by atoms with van der Waals surface area (Å²) in [4.78, 5) is 1.04. The van der Waals surface area contributed by atoms with Crippen LogP contribution in [0.25, 0.3) is 0 Å². The van der Waals surface area contributed by atoms with Crippen LogP contribution in [0.3, 0.4) is 0 Å². The summed E-state index contributed by atoms with van der Waals surface area (Å²) in [5, 5.41) is 0. The van der Waals surface area contributed by atoms with Crippen LogP contribution < -0.4 is 4.57 Å². The average Bonchev–Trinajstić information content (AvgIpc) is 2.71. The van der Waals surface area contributed by atoms with Crippen molar-refractivity contribution in [2.45, 2.75) is 23.8 Å². The molecule has 0 aliphatic heterocycles. The van der Waals surface area contributed by atoms with Crippen LogP contribution in [-0.4, -0.2) is 0 Å². The second-order valence-electron chi connectivity index (χ2n) is 2.73. The summed E-state index contributed by atoms with van der Waals surface area (Å²) in [6.07, 6.45) is 6.88. The minimum absolute atomic E-state index is 0.786. The van der Waals surface area contributed by atoms with E-state index in [1.807, 2.05) is 12.1 Å². The van der Waals surface area contributed by atoms with E-state index in [9.17, 15) is 0 Å². The van der Waals surface area contributed by atoms with Gasteiger partial charge >= 0.3 is 0 Å². The summed E-state index contributed by atoms with van der Waals surface area (Å²) in [6, 6.07) is 4.84. The smallest absolute Gasteiger partial charge is 0.170 e. The van der Waals surface area contributed by atoms with Crippen LogP contribution in [0.4, 0.5) is 0 Å². The zero-order chi connectivity index (χ0) is 6.97. The van der Waals surface area contributed by atoms with Gasteiger partial charge in [-0.1, -0.05) is 0 Å². The number of hydrogen-bond donors (Lipinski definition) is 1. The van der Waals surface area contributed by atoms with Gasteiger partial charge in [0.1, 0.15) is 0 Å². The van der Waals surface area contributed by atoms with Crippen molar-refractivity contribution in [3.05, 3.63) is 24.5 Å². The maximum atomic E-state index is 4.21. The van der Waals surface area contributed by atoms with Gasteiger partial charge in [-0.25, -0.2) is 4.57 Å². The van der Waals surface area contributed by atoms with Gasteiger partial charge in [0, 0.05) is 29.9 Å². The number of thiol groups is 1. The van der Waals surface area contributed by atoms with Crippen molar-refractivity contribution in [1.29, 1.82) is 0 Å². The lowest BCUT2D eigenvalue weighted by Crippen LogP contribution is -2.30. The molecule has 0 N–H and O–H groups in total. The molecule has 0 unspecified atom stereocenters.